The van der Waals surface area contributed by atoms with Crippen LogP contribution >= 0.6 is 11.3 Å². The summed E-state index contributed by atoms with van der Waals surface area (Å²) < 4.78 is 101. The number of anilines is 1. The van der Waals surface area contributed by atoms with Gasteiger partial charge in [-0.2, -0.15) is 26.3 Å². The Labute approximate surface area is 236 Å². The van der Waals surface area contributed by atoms with Crippen molar-refractivity contribution in [3.05, 3.63) is 82.7 Å². The van der Waals surface area contributed by atoms with Crippen LogP contribution in [0.3, 0.4) is 0 Å². The molecular formula is C27H22F6N2O4S2. The van der Waals surface area contributed by atoms with Crippen LogP contribution < -0.4 is 14.8 Å². The first-order chi connectivity index (χ1) is 19.2. The van der Waals surface area contributed by atoms with E-state index in [1.165, 1.54) is 29.5 Å². The number of thiophene rings is 1. The monoisotopic (exact) mass is 616 g/mol. The number of hydrogen-bond acceptors (Lipinski definition) is 6. The Morgan fingerprint density at radius 1 is 0.829 bits per heavy atom. The molecular weight excluding hydrogens is 594 g/mol. The van der Waals surface area contributed by atoms with Crippen LogP contribution in [0.15, 0.2) is 70.3 Å². The van der Waals surface area contributed by atoms with E-state index in [4.69, 9.17) is 4.74 Å². The molecule has 1 unspecified atom stereocenters. The van der Waals surface area contributed by atoms with Crippen molar-refractivity contribution >= 4 is 28.0 Å². The standard InChI is InChI=1S/C27H22F6N2O4S2/c1-15-2-4-20(24(10-15)39-19-3-5-22(36)23(37)14-19)21-6-9-40-25(21)41(38)35-8-7-34-18-12-16(26(28,29)30)11-17(13-18)27(31,32)33/h2-6,9-14,34-37H,7-8H2,1H3. The van der Waals surface area contributed by atoms with Crippen LogP contribution in [0.4, 0.5) is 32.0 Å². The topological polar surface area (TPSA) is 90.8 Å². The summed E-state index contributed by atoms with van der Waals surface area (Å²) in [4.78, 5) is 0. The van der Waals surface area contributed by atoms with Gasteiger partial charge in [-0.05, 0) is 60.3 Å². The number of ether oxygens (including phenoxy) is 1. The number of rotatable bonds is 9. The molecule has 0 aliphatic rings. The van der Waals surface area contributed by atoms with E-state index >= 15 is 0 Å². The van der Waals surface area contributed by atoms with Crippen LogP contribution in [0.2, 0.25) is 0 Å². The van der Waals surface area contributed by atoms with Gasteiger partial charge in [0.05, 0.1) is 11.1 Å². The molecule has 0 spiro atoms. The van der Waals surface area contributed by atoms with Crippen molar-refractivity contribution in [1.82, 2.24) is 4.72 Å². The highest BCUT2D eigenvalue weighted by Gasteiger charge is 2.37. The summed E-state index contributed by atoms with van der Waals surface area (Å²) in [7, 11) is -1.79. The molecule has 14 heteroatoms. The number of phenolic OH excluding ortho intramolecular Hbond substituents is 2. The summed E-state index contributed by atoms with van der Waals surface area (Å²) in [6, 6.07) is 12.2. The largest absolute Gasteiger partial charge is 0.504 e. The van der Waals surface area contributed by atoms with Gasteiger partial charge < -0.3 is 20.3 Å². The van der Waals surface area contributed by atoms with Crippen molar-refractivity contribution in [2.45, 2.75) is 23.5 Å². The molecule has 4 rings (SSSR count). The lowest BCUT2D eigenvalue weighted by molar-refractivity contribution is -0.143. The van der Waals surface area contributed by atoms with Crippen molar-refractivity contribution in [3.63, 3.8) is 0 Å². The molecule has 218 valence electrons. The molecule has 0 saturated heterocycles. The third-order valence-electron chi connectivity index (χ3n) is 5.68. The highest BCUT2D eigenvalue weighted by Crippen LogP contribution is 2.41. The van der Waals surface area contributed by atoms with E-state index in [0.29, 0.717) is 33.2 Å². The van der Waals surface area contributed by atoms with Gasteiger partial charge in [-0.1, -0.05) is 12.1 Å². The molecule has 41 heavy (non-hydrogen) atoms. The zero-order chi connectivity index (χ0) is 29.9. The van der Waals surface area contributed by atoms with Crippen LogP contribution in [0.5, 0.6) is 23.0 Å². The maximum absolute atomic E-state index is 13.1. The van der Waals surface area contributed by atoms with Gasteiger partial charge in [-0.3, -0.25) is 0 Å². The van der Waals surface area contributed by atoms with E-state index in [9.17, 15) is 40.8 Å². The van der Waals surface area contributed by atoms with E-state index in [0.717, 1.165) is 5.56 Å². The van der Waals surface area contributed by atoms with Crippen LogP contribution in [0.1, 0.15) is 16.7 Å². The smallest absolute Gasteiger partial charge is 0.416 e. The van der Waals surface area contributed by atoms with Gasteiger partial charge in [-0.25, -0.2) is 8.93 Å². The Bertz CT molecular complexity index is 1540. The first kappa shape index (κ1) is 30.2. The fourth-order valence-corrected chi connectivity index (χ4v) is 5.86. The normalized spacial score (nSPS) is 12.8. The second-order valence-corrected chi connectivity index (χ2v) is 11.2. The fraction of sp³-hybridized carbons (Fsp3) is 0.185. The van der Waals surface area contributed by atoms with Crippen molar-refractivity contribution in [3.8, 4) is 34.1 Å². The Morgan fingerprint density at radius 3 is 2.15 bits per heavy atom. The molecule has 1 atom stereocenters. The van der Waals surface area contributed by atoms with E-state index in [2.05, 4.69) is 10.0 Å². The van der Waals surface area contributed by atoms with Crippen LogP contribution in [-0.2, 0) is 23.3 Å². The molecule has 6 nitrogen and oxygen atoms in total. The summed E-state index contributed by atoms with van der Waals surface area (Å²) in [6.07, 6.45) is -9.93. The average Bonchev–Trinajstić information content (AvgIpc) is 3.37. The summed E-state index contributed by atoms with van der Waals surface area (Å²) in [5.41, 5.74) is -1.24. The van der Waals surface area contributed by atoms with Crippen LogP contribution in [0, 0.1) is 6.92 Å². The van der Waals surface area contributed by atoms with Gasteiger partial charge in [0.15, 0.2) is 11.5 Å². The molecule has 0 aliphatic carbocycles. The number of phenols is 2. The van der Waals surface area contributed by atoms with E-state index < -0.39 is 34.5 Å². The van der Waals surface area contributed by atoms with Crippen LogP contribution in [-0.4, -0.2) is 27.5 Å². The Hall–Kier alpha value is -3.75. The maximum atomic E-state index is 13.1. The van der Waals surface area contributed by atoms with Gasteiger partial charge in [0.25, 0.3) is 0 Å². The minimum Gasteiger partial charge on any atom is -0.504 e. The number of alkyl halides is 6. The molecule has 0 bridgehead atoms. The summed E-state index contributed by atoms with van der Waals surface area (Å²) >= 11 is 1.18. The van der Waals surface area contributed by atoms with Crippen LogP contribution in [0.25, 0.3) is 11.1 Å². The number of nitrogens with one attached hydrogen (secondary N) is 2. The van der Waals surface area contributed by atoms with Crippen molar-refractivity contribution in [2.75, 3.05) is 18.4 Å². The van der Waals surface area contributed by atoms with Gasteiger partial charge in [0.1, 0.15) is 26.7 Å². The zero-order valence-corrected chi connectivity index (χ0v) is 22.7. The van der Waals surface area contributed by atoms with Crippen molar-refractivity contribution in [2.24, 2.45) is 0 Å². The van der Waals surface area contributed by atoms with E-state index in [1.807, 2.05) is 13.0 Å². The molecule has 4 N–H and O–H groups in total. The molecule has 0 amide bonds. The third kappa shape index (κ3) is 7.51. The maximum Gasteiger partial charge on any atom is 0.416 e. The van der Waals surface area contributed by atoms with Crippen molar-refractivity contribution in [1.29, 1.82) is 0 Å². The predicted molar refractivity (Wildman–Crippen MR) is 144 cm³/mol. The first-order valence-corrected chi connectivity index (χ1v) is 13.8. The lowest BCUT2D eigenvalue weighted by Crippen LogP contribution is -2.24. The number of aryl methyl sites for hydroxylation is 1. The molecule has 1 heterocycles. The lowest BCUT2D eigenvalue weighted by Gasteiger charge is -2.15. The minimum absolute atomic E-state index is 0.0459. The Balaban J connectivity index is 1.47. The molecule has 1 aromatic heterocycles. The molecule has 0 radical (unpaired) electrons. The average molecular weight is 617 g/mol. The molecule has 0 fully saturated rings. The lowest BCUT2D eigenvalue weighted by atomic mass is 10.1. The molecule has 0 aliphatic heterocycles. The molecule has 0 saturated carbocycles. The SMILES string of the molecule is Cc1ccc(-c2ccsc2S(=O)NCCNc2cc(C(F)(F)F)cc(C(F)(F)F)c2)c(Oc2ccc(O)c(O)c2)c1. The first-order valence-electron chi connectivity index (χ1n) is 11.8. The third-order valence-corrected chi connectivity index (χ3v) is 8.15. The van der Waals surface area contributed by atoms with Crippen molar-refractivity contribution < 1.29 is 45.5 Å². The number of aromatic hydroxyl groups is 2. The van der Waals surface area contributed by atoms with E-state index in [-0.39, 0.29) is 42.1 Å². The summed E-state index contributed by atoms with van der Waals surface area (Å²) in [6.45, 7) is 1.67. The minimum atomic E-state index is -4.96. The number of benzene rings is 3. The number of halogens is 6. The fourth-order valence-electron chi connectivity index (χ4n) is 3.74. The Morgan fingerprint density at radius 2 is 1.51 bits per heavy atom. The van der Waals surface area contributed by atoms with E-state index in [1.54, 1.807) is 23.6 Å². The second kappa shape index (κ2) is 12.0. The second-order valence-electron chi connectivity index (χ2n) is 8.76. The highest BCUT2D eigenvalue weighted by atomic mass is 32.2. The number of hydrogen-bond donors (Lipinski definition) is 4. The Kier molecular flexibility index (Phi) is 8.85. The summed E-state index contributed by atoms with van der Waals surface area (Å²) in [5.74, 6) is -0.0469. The van der Waals surface area contributed by atoms with Gasteiger partial charge in [0.2, 0.25) is 0 Å². The van der Waals surface area contributed by atoms with Gasteiger partial charge in [-0.15, -0.1) is 11.3 Å². The van der Waals surface area contributed by atoms with Gasteiger partial charge in [0, 0.05) is 36.0 Å². The molecule has 4 aromatic rings. The highest BCUT2D eigenvalue weighted by molar-refractivity contribution is 7.85. The quantitative estimate of drug-likeness (QED) is 0.0880. The van der Waals surface area contributed by atoms with Gasteiger partial charge >= 0.3 is 12.4 Å². The zero-order valence-electron chi connectivity index (χ0n) is 21.1. The molecule has 3 aromatic carbocycles. The predicted octanol–water partition coefficient (Wildman–Crippen LogP) is 7.69. The summed E-state index contributed by atoms with van der Waals surface area (Å²) in [5, 5.41) is 23.6.